The molecular weight excluding hydrogens is 457 g/mol. The molecule has 9 heteroatoms. The van der Waals surface area contributed by atoms with Crippen LogP contribution < -0.4 is 10.2 Å². The van der Waals surface area contributed by atoms with Crippen molar-refractivity contribution in [3.8, 4) is 0 Å². The summed E-state index contributed by atoms with van der Waals surface area (Å²) < 4.78 is 45.4. The van der Waals surface area contributed by atoms with Crippen molar-refractivity contribution in [3.05, 3.63) is 59.8 Å². The quantitative estimate of drug-likeness (QED) is 0.542. The highest BCUT2D eigenvalue weighted by Crippen LogP contribution is 2.36. The molecular formula is C26H29F3N4O2. The second-order valence-electron chi connectivity index (χ2n) is 9.24. The standard InChI is InChI=1S/C26H29F3N4O2/c27-26(28,29)20-5-6-24(33-11-13-35-14-12-33)23(16-20)31-25(34)17-32-9-7-18(8-10-32)22-15-19-3-1-2-4-21(19)30-22/h1-6,15-16,18,30H,7-14,17H2,(H,31,34). The smallest absolute Gasteiger partial charge is 0.378 e. The van der Waals surface area contributed by atoms with E-state index in [1.165, 1.54) is 17.1 Å². The van der Waals surface area contributed by atoms with Crippen LogP contribution in [0, 0.1) is 0 Å². The van der Waals surface area contributed by atoms with Gasteiger partial charge in [-0.25, -0.2) is 0 Å². The summed E-state index contributed by atoms with van der Waals surface area (Å²) in [5.74, 6) is 0.0981. The van der Waals surface area contributed by atoms with Crippen LogP contribution in [0.2, 0.25) is 0 Å². The fourth-order valence-electron chi connectivity index (χ4n) is 5.00. The molecule has 2 fully saturated rings. The van der Waals surface area contributed by atoms with Crippen molar-refractivity contribution < 1.29 is 22.7 Å². The van der Waals surface area contributed by atoms with E-state index in [2.05, 4.69) is 33.4 Å². The lowest BCUT2D eigenvalue weighted by Crippen LogP contribution is -2.39. The van der Waals surface area contributed by atoms with Crippen molar-refractivity contribution in [3.63, 3.8) is 0 Å². The number of halogens is 3. The molecule has 0 unspecified atom stereocenters. The number of amides is 1. The van der Waals surface area contributed by atoms with Crippen molar-refractivity contribution >= 4 is 28.2 Å². The summed E-state index contributed by atoms with van der Waals surface area (Å²) in [5, 5.41) is 3.95. The predicted molar refractivity (Wildman–Crippen MR) is 130 cm³/mol. The molecule has 5 rings (SSSR count). The number of hydrogen-bond donors (Lipinski definition) is 2. The number of carbonyl (C=O) groups is 1. The van der Waals surface area contributed by atoms with E-state index in [0.717, 1.165) is 43.6 Å². The third-order valence-electron chi connectivity index (χ3n) is 6.90. The lowest BCUT2D eigenvalue weighted by atomic mass is 9.93. The first-order valence-corrected chi connectivity index (χ1v) is 12.0. The number of aromatic nitrogens is 1. The zero-order valence-electron chi connectivity index (χ0n) is 19.4. The Hall–Kier alpha value is -3.04. The number of alkyl halides is 3. The number of morpholine rings is 1. The molecule has 3 heterocycles. The lowest BCUT2D eigenvalue weighted by molar-refractivity contribution is -0.137. The normalized spacial score (nSPS) is 18.2. The van der Waals surface area contributed by atoms with Gasteiger partial charge in [0.05, 0.1) is 36.7 Å². The van der Waals surface area contributed by atoms with Crippen LogP contribution in [-0.2, 0) is 15.7 Å². The van der Waals surface area contributed by atoms with E-state index in [0.29, 0.717) is 37.9 Å². The molecule has 3 aromatic rings. The molecule has 1 aromatic heterocycles. The molecule has 6 nitrogen and oxygen atoms in total. The molecule has 2 aromatic carbocycles. The maximum atomic E-state index is 13.3. The fraction of sp³-hybridized carbons (Fsp3) is 0.423. The van der Waals surface area contributed by atoms with E-state index in [4.69, 9.17) is 4.74 Å². The van der Waals surface area contributed by atoms with Crippen molar-refractivity contribution in [2.45, 2.75) is 24.9 Å². The molecule has 35 heavy (non-hydrogen) atoms. The summed E-state index contributed by atoms with van der Waals surface area (Å²) in [6, 6.07) is 13.9. The average Bonchev–Trinajstić information content (AvgIpc) is 3.29. The fourth-order valence-corrected chi connectivity index (χ4v) is 5.00. The Kier molecular flexibility index (Phi) is 6.71. The number of likely N-dealkylation sites (tertiary alicyclic amines) is 1. The third kappa shape index (κ3) is 5.46. The van der Waals surface area contributed by atoms with Gasteiger partial charge in [-0.1, -0.05) is 18.2 Å². The second-order valence-corrected chi connectivity index (χ2v) is 9.24. The van der Waals surface area contributed by atoms with Crippen molar-refractivity contribution in [2.75, 3.05) is 56.2 Å². The summed E-state index contributed by atoms with van der Waals surface area (Å²) in [7, 11) is 0. The number of nitrogens with one attached hydrogen (secondary N) is 2. The van der Waals surface area contributed by atoms with Gasteiger partial charge in [-0.15, -0.1) is 0 Å². The van der Waals surface area contributed by atoms with Gasteiger partial charge in [0.25, 0.3) is 0 Å². The molecule has 2 aliphatic rings. The number of carbonyl (C=O) groups excluding carboxylic acids is 1. The Balaban J connectivity index is 1.22. The topological polar surface area (TPSA) is 60.6 Å². The third-order valence-corrected chi connectivity index (χ3v) is 6.90. The Labute approximate surface area is 202 Å². The zero-order chi connectivity index (χ0) is 24.4. The molecule has 2 saturated heterocycles. The molecule has 2 N–H and O–H groups in total. The number of H-pyrrole nitrogens is 1. The molecule has 0 radical (unpaired) electrons. The number of rotatable bonds is 5. The number of aromatic amines is 1. The van der Waals surface area contributed by atoms with E-state index >= 15 is 0 Å². The first kappa shape index (κ1) is 23.7. The highest BCUT2D eigenvalue weighted by atomic mass is 19.4. The largest absolute Gasteiger partial charge is 0.416 e. The Morgan fingerprint density at radius 1 is 1.03 bits per heavy atom. The van der Waals surface area contributed by atoms with Crippen LogP contribution in [0.25, 0.3) is 10.9 Å². The van der Waals surface area contributed by atoms with Crippen LogP contribution in [0.5, 0.6) is 0 Å². The van der Waals surface area contributed by atoms with Crippen molar-refractivity contribution in [1.82, 2.24) is 9.88 Å². The average molecular weight is 487 g/mol. The molecule has 186 valence electrons. The highest BCUT2D eigenvalue weighted by molar-refractivity contribution is 5.96. The number of fused-ring (bicyclic) bond motifs is 1. The van der Waals surface area contributed by atoms with Gasteiger partial charge >= 0.3 is 6.18 Å². The van der Waals surface area contributed by atoms with Gasteiger partial charge in [0.1, 0.15) is 0 Å². The Morgan fingerprint density at radius 3 is 2.49 bits per heavy atom. The van der Waals surface area contributed by atoms with Crippen molar-refractivity contribution in [1.29, 1.82) is 0 Å². The maximum Gasteiger partial charge on any atom is 0.416 e. The molecule has 0 saturated carbocycles. The van der Waals surface area contributed by atoms with Gasteiger partial charge in [-0.2, -0.15) is 13.2 Å². The number of para-hydroxylation sites is 1. The number of benzene rings is 2. The van der Waals surface area contributed by atoms with E-state index in [9.17, 15) is 18.0 Å². The van der Waals surface area contributed by atoms with E-state index in [1.807, 2.05) is 17.0 Å². The Bertz CT molecular complexity index is 1150. The lowest BCUT2D eigenvalue weighted by Gasteiger charge is -2.32. The summed E-state index contributed by atoms with van der Waals surface area (Å²) in [6.07, 6.45) is -2.64. The van der Waals surface area contributed by atoms with Crippen molar-refractivity contribution in [2.24, 2.45) is 0 Å². The van der Waals surface area contributed by atoms with Crippen LogP contribution in [0.4, 0.5) is 24.5 Å². The van der Waals surface area contributed by atoms with E-state index < -0.39 is 11.7 Å². The Morgan fingerprint density at radius 2 is 1.77 bits per heavy atom. The summed E-state index contributed by atoms with van der Waals surface area (Å²) in [6.45, 7) is 3.79. The van der Waals surface area contributed by atoms with Gasteiger partial charge in [0.15, 0.2) is 0 Å². The number of hydrogen-bond acceptors (Lipinski definition) is 4. The monoisotopic (exact) mass is 486 g/mol. The van der Waals surface area contributed by atoms with E-state index in [-0.39, 0.29) is 18.1 Å². The zero-order valence-corrected chi connectivity index (χ0v) is 19.4. The summed E-state index contributed by atoms with van der Waals surface area (Å²) in [4.78, 5) is 20.4. The molecule has 0 bridgehead atoms. The van der Waals surface area contributed by atoms with Gasteiger partial charge in [-0.3, -0.25) is 9.69 Å². The van der Waals surface area contributed by atoms with Gasteiger partial charge in [0, 0.05) is 30.2 Å². The van der Waals surface area contributed by atoms with Gasteiger partial charge < -0.3 is 19.9 Å². The minimum atomic E-state index is -4.48. The van der Waals surface area contributed by atoms with Crippen LogP contribution in [0.15, 0.2) is 48.5 Å². The number of anilines is 2. The van der Waals surface area contributed by atoms with Gasteiger partial charge in [0.2, 0.25) is 5.91 Å². The number of piperidine rings is 1. The second kappa shape index (κ2) is 9.91. The maximum absolute atomic E-state index is 13.3. The highest BCUT2D eigenvalue weighted by Gasteiger charge is 2.32. The summed E-state index contributed by atoms with van der Waals surface area (Å²) >= 11 is 0. The molecule has 0 aliphatic carbocycles. The molecule has 0 spiro atoms. The first-order chi connectivity index (χ1) is 16.9. The minimum absolute atomic E-state index is 0.151. The van der Waals surface area contributed by atoms with Crippen LogP contribution in [0.3, 0.4) is 0 Å². The van der Waals surface area contributed by atoms with Crippen LogP contribution in [0.1, 0.15) is 30.0 Å². The summed E-state index contributed by atoms with van der Waals surface area (Å²) in [5.41, 5.74) is 2.35. The van der Waals surface area contributed by atoms with Crippen LogP contribution >= 0.6 is 0 Å². The SMILES string of the molecule is O=C(CN1CCC(c2cc3ccccc3[nH]2)CC1)Nc1cc(C(F)(F)F)ccc1N1CCOCC1. The first-order valence-electron chi connectivity index (χ1n) is 12.0. The molecule has 2 aliphatic heterocycles. The van der Waals surface area contributed by atoms with Crippen LogP contribution in [-0.4, -0.2) is 61.7 Å². The number of ether oxygens (including phenoxy) is 1. The van der Waals surface area contributed by atoms with E-state index in [1.54, 1.807) is 0 Å². The minimum Gasteiger partial charge on any atom is -0.378 e. The molecule has 0 atom stereocenters. The predicted octanol–water partition coefficient (Wildman–Crippen LogP) is 4.84. The number of nitrogens with zero attached hydrogens (tertiary/aromatic N) is 2. The van der Waals surface area contributed by atoms with Gasteiger partial charge in [-0.05, 0) is 61.6 Å². The molecule has 1 amide bonds.